The third-order valence-electron chi connectivity index (χ3n) is 2.23. The zero-order chi connectivity index (χ0) is 14.6. The molecular formula is C11H13N3O5. The van der Waals surface area contributed by atoms with E-state index >= 15 is 0 Å². The van der Waals surface area contributed by atoms with E-state index in [2.05, 4.69) is 5.32 Å². The molecule has 102 valence electrons. The van der Waals surface area contributed by atoms with Crippen LogP contribution in [0.5, 0.6) is 0 Å². The molecule has 0 saturated carbocycles. The highest BCUT2D eigenvalue weighted by Gasteiger charge is 2.27. The SMILES string of the molecule is Nc1cc(N)cc(C(=O)C(NCC(=O)O)C(=O)O)c1. The van der Waals surface area contributed by atoms with Crippen molar-refractivity contribution in [2.75, 3.05) is 18.0 Å². The molecule has 0 radical (unpaired) electrons. The Morgan fingerprint density at radius 3 is 2.05 bits per heavy atom. The second-order valence-electron chi connectivity index (χ2n) is 3.80. The number of nitrogen functional groups attached to an aromatic ring is 2. The first-order valence-electron chi connectivity index (χ1n) is 5.19. The minimum atomic E-state index is -1.67. The van der Waals surface area contributed by atoms with Crippen molar-refractivity contribution in [2.45, 2.75) is 6.04 Å². The predicted octanol–water partition coefficient (Wildman–Crippen LogP) is -0.839. The molecule has 8 heteroatoms. The number of anilines is 2. The summed E-state index contributed by atoms with van der Waals surface area (Å²) < 4.78 is 0. The standard InChI is InChI=1S/C11H13N3O5/c12-6-1-5(2-7(13)3-6)10(17)9(11(18)19)14-4-8(15)16/h1-3,9,14H,4,12-13H2,(H,15,16)(H,18,19). The number of hydrogen-bond acceptors (Lipinski definition) is 6. The van der Waals surface area contributed by atoms with Gasteiger partial charge in [0, 0.05) is 16.9 Å². The van der Waals surface area contributed by atoms with E-state index in [4.69, 9.17) is 21.7 Å². The molecule has 19 heavy (non-hydrogen) atoms. The Bertz CT molecular complexity index is 509. The molecule has 1 unspecified atom stereocenters. The number of aliphatic carboxylic acids is 2. The Morgan fingerprint density at radius 2 is 1.63 bits per heavy atom. The Kier molecular flexibility index (Phi) is 4.43. The fourth-order valence-corrected chi connectivity index (χ4v) is 1.47. The van der Waals surface area contributed by atoms with Crippen molar-refractivity contribution in [3.63, 3.8) is 0 Å². The summed E-state index contributed by atoms with van der Waals surface area (Å²) >= 11 is 0. The Labute approximate surface area is 108 Å². The van der Waals surface area contributed by atoms with Crippen molar-refractivity contribution in [3.05, 3.63) is 23.8 Å². The summed E-state index contributed by atoms with van der Waals surface area (Å²) in [6.45, 7) is -0.652. The van der Waals surface area contributed by atoms with Gasteiger partial charge in [-0.15, -0.1) is 0 Å². The predicted molar refractivity (Wildman–Crippen MR) is 66.7 cm³/mol. The van der Waals surface area contributed by atoms with Gasteiger partial charge in [0.15, 0.2) is 11.8 Å². The minimum absolute atomic E-state index is 0.00258. The number of hydrogen-bond donors (Lipinski definition) is 5. The number of rotatable bonds is 6. The molecular weight excluding hydrogens is 254 g/mol. The van der Waals surface area contributed by atoms with Gasteiger partial charge >= 0.3 is 11.9 Å². The second kappa shape index (κ2) is 5.83. The minimum Gasteiger partial charge on any atom is -0.480 e. The molecule has 0 heterocycles. The van der Waals surface area contributed by atoms with Crippen molar-refractivity contribution in [3.8, 4) is 0 Å². The van der Waals surface area contributed by atoms with Crippen LogP contribution in [0.4, 0.5) is 11.4 Å². The van der Waals surface area contributed by atoms with Crippen LogP contribution in [0, 0.1) is 0 Å². The van der Waals surface area contributed by atoms with Gasteiger partial charge in [0.1, 0.15) is 0 Å². The summed E-state index contributed by atoms with van der Waals surface area (Å²) in [5.41, 5.74) is 11.4. The fraction of sp³-hybridized carbons (Fsp3) is 0.182. The molecule has 0 bridgehead atoms. The normalized spacial score (nSPS) is 11.8. The van der Waals surface area contributed by atoms with Crippen LogP contribution in [0.1, 0.15) is 10.4 Å². The number of carboxylic acid groups (broad SMARTS) is 2. The molecule has 7 N–H and O–H groups in total. The number of carbonyl (C=O) groups excluding carboxylic acids is 1. The van der Waals surface area contributed by atoms with E-state index in [1.165, 1.54) is 18.2 Å². The number of benzene rings is 1. The maximum absolute atomic E-state index is 12.0. The van der Waals surface area contributed by atoms with Crippen LogP contribution in [-0.2, 0) is 9.59 Å². The summed E-state index contributed by atoms with van der Waals surface area (Å²) in [6, 6.07) is 2.29. The lowest BCUT2D eigenvalue weighted by atomic mass is 10.0. The first-order valence-corrected chi connectivity index (χ1v) is 5.19. The van der Waals surface area contributed by atoms with Gasteiger partial charge in [0.25, 0.3) is 0 Å². The molecule has 0 aliphatic heterocycles. The van der Waals surface area contributed by atoms with Gasteiger partial charge in [-0.05, 0) is 18.2 Å². The van der Waals surface area contributed by atoms with Crippen LogP contribution in [0.2, 0.25) is 0 Å². The van der Waals surface area contributed by atoms with Crippen LogP contribution in [0.25, 0.3) is 0 Å². The summed E-state index contributed by atoms with van der Waals surface area (Å²) in [5.74, 6) is -3.56. The summed E-state index contributed by atoms with van der Waals surface area (Å²) in [5, 5.41) is 19.5. The maximum atomic E-state index is 12.0. The van der Waals surface area contributed by atoms with Gasteiger partial charge in [-0.1, -0.05) is 0 Å². The zero-order valence-electron chi connectivity index (χ0n) is 9.79. The van der Waals surface area contributed by atoms with Crippen molar-refractivity contribution >= 4 is 29.1 Å². The highest BCUT2D eigenvalue weighted by molar-refractivity contribution is 6.12. The molecule has 0 aromatic heterocycles. The third kappa shape index (κ3) is 3.96. The van der Waals surface area contributed by atoms with E-state index in [9.17, 15) is 14.4 Å². The van der Waals surface area contributed by atoms with Crippen molar-refractivity contribution in [1.29, 1.82) is 0 Å². The fourth-order valence-electron chi connectivity index (χ4n) is 1.47. The quantitative estimate of drug-likeness (QED) is 0.254. The number of ketones is 1. The lowest BCUT2D eigenvalue weighted by molar-refractivity contribution is -0.139. The number of Topliss-reactive ketones (excluding diaryl/α,β-unsaturated/α-hetero) is 1. The molecule has 1 rings (SSSR count). The Morgan fingerprint density at radius 1 is 1.11 bits per heavy atom. The first kappa shape index (κ1) is 14.5. The molecule has 1 aromatic rings. The molecule has 1 aromatic carbocycles. The van der Waals surface area contributed by atoms with Crippen LogP contribution >= 0.6 is 0 Å². The second-order valence-corrected chi connectivity index (χ2v) is 3.80. The molecule has 0 saturated heterocycles. The van der Waals surface area contributed by atoms with E-state index in [1.807, 2.05) is 0 Å². The molecule has 0 aliphatic rings. The van der Waals surface area contributed by atoms with Crippen LogP contribution in [0.3, 0.4) is 0 Å². The van der Waals surface area contributed by atoms with Crippen molar-refractivity contribution in [2.24, 2.45) is 0 Å². The van der Waals surface area contributed by atoms with Gasteiger partial charge in [0.05, 0.1) is 6.54 Å². The number of nitrogens with two attached hydrogens (primary N) is 2. The van der Waals surface area contributed by atoms with E-state index in [1.54, 1.807) is 0 Å². The molecule has 0 aliphatic carbocycles. The van der Waals surface area contributed by atoms with E-state index in [0.29, 0.717) is 0 Å². The van der Waals surface area contributed by atoms with Crippen molar-refractivity contribution < 1.29 is 24.6 Å². The summed E-state index contributed by atoms with van der Waals surface area (Å²) in [4.78, 5) is 33.3. The van der Waals surface area contributed by atoms with Gasteiger partial charge in [0.2, 0.25) is 0 Å². The van der Waals surface area contributed by atoms with E-state index in [-0.39, 0.29) is 16.9 Å². The third-order valence-corrected chi connectivity index (χ3v) is 2.23. The largest absolute Gasteiger partial charge is 0.480 e. The Hall–Kier alpha value is -2.61. The van der Waals surface area contributed by atoms with Crippen LogP contribution in [0.15, 0.2) is 18.2 Å². The van der Waals surface area contributed by atoms with Gasteiger partial charge in [-0.2, -0.15) is 0 Å². The van der Waals surface area contributed by atoms with E-state index < -0.39 is 30.3 Å². The maximum Gasteiger partial charge on any atom is 0.328 e. The first-order chi connectivity index (χ1) is 8.81. The average Bonchev–Trinajstić information content (AvgIpc) is 2.26. The summed E-state index contributed by atoms with van der Waals surface area (Å²) in [7, 11) is 0. The van der Waals surface area contributed by atoms with Gasteiger partial charge < -0.3 is 21.7 Å². The summed E-state index contributed by atoms with van der Waals surface area (Å²) in [6.07, 6.45) is 0. The molecule has 0 fully saturated rings. The smallest absolute Gasteiger partial charge is 0.328 e. The molecule has 8 nitrogen and oxygen atoms in total. The van der Waals surface area contributed by atoms with Crippen LogP contribution < -0.4 is 16.8 Å². The molecule has 0 amide bonds. The lowest BCUT2D eigenvalue weighted by Gasteiger charge is -2.12. The molecule has 0 spiro atoms. The van der Waals surface area contributed by atoms with Crippen molar-refractivity contribution in [1.82, 2.24) is 5.32 Å². The lowest BCUT2D eigenvalue weighted by Crippen LogP contribution is -2.45. The number of carbonyl (C=O) groups is 3. The van der Waals surface area contributed by atoms with Gasteiger partial charge in [-0.25, -0.2) is 0 Å². The topological polar surface area (TPSA) is 156 Å². The zero-order valence-corrected chi connectivity index (χ0v) is 9.79. The Balaban J connectivity index is 2.98. The highest BCUT2D eigenvalue weighted by atomic mass is 16.4. The average molecular weight is 267 g/mol. The monoisotopic (exact) mass is 267 g/mol. The highest BCUT2D eigenvalue weighted by Crippen LogP contribution is 2.15. The van der Waals surface area contributed by atoms with Crippen LogP contribution in [-0.4, -0.2) is 40.5 Å². The number of nitrogens with one attached hydrogen (secondary N) is 1. The molecule has 1 atom stereocenters. The number of carboxylic acids is 2. The van der Waals surface area contributed by atoms with Gasteiger partial charge in [-0.3, -0.25) is 19.7 Å². The van der Waals surface area contributed by atoms with E-state index in [0.717, 1.165) is 0 Å².